The molecule has 3 rings (SSSR count). The smallest absolute Gasteiger partial charge is 0.331 e. The Hall–Kier alpha value is -2.36. The lowest BCUT2D eigenvalue weighted by Gasteiger charge is -2.50. The average Bonchev–Trinajstić information content (AvgIpc) is 3.11. The summed E-state index contributed by atoms with van der Waals surface area (Å²) < 4.78 is 11.4. The van der Waals surface area contributed by atoms with Crippen molar-refractivity contribution in [1.82, 2.24) is 0 Å². The van der Waals surface area contributed by atoms with Crippen LogP contribution in [0.25, 0.3) is 0 Å². The third kappa shape index (κ3) is 5.16. The van der Waals surface area contributed by atoms with Crippen LogP contribution in [-0.4, -0.2) is 17.9 Å². The van der Waals surface area contributed by atoms with Crippen LogP contribution in [0.1, 0.15) is 87.9 Å². The van der Waals surface area contributed by atoms with E-state index in [0.29, 0.717) is 12.2 Å². The highest BCUT2D eigenvalue weighted by Gasteiger charge is 2.54. The van der Waals surface area contributed by atoms with E-state index >= 15 is 0 Å². The molecule has 32 heavy (non-hydrogen) atoms. The van der Waals surface area contributed by atoms with E-state index in [0.717, 1.165) is 36.0 Å². The van der Waals surface area contributed by atoms with Gasteiger partial charge in [0.15, 0.2) is 5.76 Å². The maximum atomic E-state index is 13.1. The van der Waals surface area contributed by atoms with Crippen LogP contribution in [0.2, 0.25) is 0 Å². The largest absolute Gasteiger partial charge is 0.461 e. The van der Waals surface area contributed by atoms with Gasteiger partial charge in [-0.3, -0.25) is 4.79 Å². The van der Waals surface area contributed by atoms with Crippen molar-refractivity contribution in [2.75, 3.05) is 0 Å². The molecule has 1 heterocycles. The Balaban J connectivity index is 1.59. The molecule has 0 bridgehead atoms. The topological polar surface area (TPSA) is 56.5 Å². The fourth-order valence-corrected chi connectivity index (χ4v) is 5.27. The Morgan fingerprint density at radius 3 is 2.81 bits per heavy atom. The molecule has 0 N–H and O–H groups in total. The summed E-state index contributed by atoms with van der Waals surface area (Å²) in [5.41, 5.74) is 2.93. The molecule has 0 saturated heterocycles. The minimum atomic E-state index is -0.317. The SMILES string of the molecule is CCCCC/C=C/C(C)=C/C=C/C(=O)O[C@@H]1CC[C@@H]2C(=O)c3occ(C)c3C[C@]2(C)[C@H]1C. The van der Waals surface area contributed by atoms with Crippen LogP contribution in [0, 0.1) is 24.2 Å². The van der Waals surface area contributed by atoms with Gasteiger partial charge in [-0.2, -0.15) is 0 Å². The highest BCUT2D eigenvalue weighted by atomic mass is 16.5. The number of Topliss-reactive ketones (excluding diaryl/α,β-unsaturated/α-hetero) is 1. The number of carbonyl (C=O) groups excluding carboxylic acids is 2. The fourth-order valence-electron chi connectivity index (χ4n) is 5.27. The lowest BCUT2D eigenvalue weighted by Crippen LogP contribution is -2.52. The Labute approximate surface area is 192 Å². The van der Waals surface area contributed by atoms with Crippen molar-refractivity contribution in [3.8, 4) is 0 Å². The predicted molar refractivity (Wildman–Crippen MR) is 128 cm³/mol. The molecule has 2 aliphatic rings. The van der Waals surface area contributed by atoms with Gasteiger partial charge >= 0.3 is 5.97 Å². The number of hydrogen-bond donors (Lipinski definition) is 0. The van der Waals surface area contributed by atoms with Gasteiger partial charge in [-0.1, -0.05) is 63.5 Å². The molecular formula is C28H38O4. The molecular weight excluding hydrogens is 400 g/mol. The molecule has 0 aliphatic heterocycles. The zero-order valence-electron chi connectivity index (χ0n) is 20.3. The molecule has 0 spiro atoms. The molecule has 4 heteroatoms. The molecule has 1 saturated carbocycles. The molecule has 0 aromatic carbocycles. The molecule has 1 fully saturated rings. The second-order valence-electron chi connectivity index (χ2n) is 9.84. The summed E-state index contributed by atoms with van der Waals surface area (Å²) in [7, 11) is 0. The first-order valence-electron chi connectivity index (χ1n) is 12.1. The van der Waals surface area contributed by atoms with Gasteiger partial charge in [0.05, 0.1) is 6.26 Å². The fraction of sp³-hybridized carbons (Fsp3) is 0.571. The summed E-state index contributed by atoms with van der Waals surface area (Å²) >= 11 is 0. The summed E-state index contributed by atoms with van der Waals surface area (Å²) in [5, 5.41) is 0. The number of ether oxygens (including phenoxy) is 1. The van der Waals surface area contributed by atoms with Crippen LogP contribution in [0.5, 0.6) is 0 Å². The molecule has 4 atom stereocenters. The number of carbonyl (C=O) groups is 2. The molecule has 0 radical (unpaired) electrons. The standard InChI is InChI=1S/C28H38O4/c1-6-7-8-9-10-12-19(2)13-11-14-25(29)32-24-16-15-23-26(30)27-22(20(3)18-31-27)17-28(23,5)21(24)4/h10-14,18,21,23-24H,6-9,15-17H2,1-5H3/b12-10+,14-11+,19-13+/t21-,23+,24+,28+/m0/s1. The first kappa shape index (κ1) is 24.3. The van der Waals surface area contributed by atoms with Crippen LogP contribution < -0.4 is 0 Å². The van der Waals surface area contributed by atoms with Gasteiger partial charge in [-0.15, -0.1) is 0 Å². The summed E-state index contributed by atoms with van der Waals surface area (Å²) in [4.78, 5) is 25.5. The Bertz CT molecular complexity index is 916. The minimum Gasteiger partial charge on any atom is -0.461 e. The van der Waals surface area contributed by atoms with Gasteiger partial charge in [0, 0.05) is 17.6 Å². The Morgan fingerprint density at radius 1 is 1.28 bits per heavy atom. The molecule has 4 nitrogen and oxygen atoms in total. The van der Waals surface area contributed by atoms with Crippen LogP contribution in [0.3, 0.4) is 0 Å². The lowest BCUT2D eigenvalue weighted by molar-refractivity contribution is -0.153. The highest BCUT2D eigenvalue weighted by Crippen LogP contribution is 2.53. The third-order valence-electron chi connectivity index (χ3n) is 7.55. The molecule has 2 aliphatic carbocycles. The summed E-state index contributed by atoms with van der Waals surface area (Å²) in [6.07, 6.45) is 18.0. The quantitative estimate of drug-likeness (QED) is 0.191. The van der Waals surface area contributed by atoms with Gasteiger partial charge < -0.3 is 9.15 Å². The number of unbranched alkanes of at least 4 members (excludes halogenated alkanes) is 3. The first-order chi connectivity index (χ1) is 15.3. The lowest BCUT2D eigenvalue weighted by atomic mass is 9.54. The van der Waals surface area contributed by atoms with Crippen molar-refractivity contribution in [3.63, 3.8) is 0 Å². The van der Waals surface area contributed by atoms with Crippen molar-refractivity contribution in [1.29, 1.82) is 0 Å². The molecule has 0 amide bonds. The zero-order valence-corrected chi connectivity index (χ0v) is 20.3. The number of aryl methyl sites for hydroxylation is 1. The number of furan rings is 1. The molecule has 1 aromatic rings. The maximum absolute atomic E-state index is 13.1. The van der Waals surface area contributed by atoms with E-state index in [1.807, 2.05) is 19.9 Å². The predicted octanol–water partition coefficient (Wildman–Crippen LogP) is 6.93. The van der Waals surface area contributed by atoms with Gasteiger partial charge in [-0.05, 0) is 62.8 Å². The summed E-state index contributed by atoms with van der Waals surface area (Å²) in [6.45, 7) is 10.5. The van der Waals surface area contributed by atoms with E-state index in [9.17, 15) is 9.59 Å². The van der Waals surface area contributed by atoms with Gasteiger partial charge in [-0.25, -0.2) is 4.79 Å². The van der Waals surface area contributed by atoms with Crippen molar-refractivity contribution in [2.45, 2.75) is 85.7 Å². The number of rotatable bonds is 8. The minimum absolute atomic E-state index is 0.0734. The van der Waals surface area contributed by atoms with Crippen LogP contribution in [-0.2, 0) is 16.0 Å². The van der Waals surface area contributed by atoms with Crippen LogP contribution in [0.15, 0.2) is 46.6 Å². The second-order valence-corrected chi connectivity index (χ2v) is 9.84. The van der Waals surface area contributed by atoms with Crippen molar-refractivity contribution in [2.24, 2.45) is 17.3 Å². The molecule has 174 valence electrons. The molecule has 0 unspecified atom stereocenters. The first-order valence-corrected chi connectivity index (χ1v) is 12.1. The van der Waals surface area contributed by atoms with Gasteiger partial charge in [0.25, 0.3) is 0 Å². The Kier molecular flexibility index (Phi) is 7.97. The van der Waals surface area contributed by atoms with E-state index < -0.39 is 0 Å². The van der Waals surface area contributed by atoms with Crippen molar-refractivity contribution < 1.29 is 18.7 Å². The van der Waals surface area contributed by atoms with Crippen LogP contribution >= 0.6 is 0 Å². The monoisotopic (exact) mass is 438 g/mol. The van der Waals surface area contributed by atoms with Crippen molar-refractivity contribution >= 4 is 11.8 Å². The number of ketones is 1. The maximum Gasteiger partial charge on any atom is 0.331 e. The summed E-state index contributed by atoms with van der Waals surface area (Å²) in [5.74, 6) is 0.352. The number of esters is 1. The Morgan fingerprint density at radius 2 is 2.06 bits per heavy atom. The van der Waals surface area contributed by atoms with E-state index in [2.05, 4.69) is 32.9 Å². The van der Waals surface area contributed by atoms with Crippen molar-refractivity contribution in [3.05, 3.63) is 59.1 Å². The number of allylic oxidation sites excluding steroid dienone is 5. The normalized spacial score (nSPS) is 28.2. The molecule has 1 aromatic heterocycles. The van der Waals surface area contributed by atoms with Gasteiger partial charge in [0.1, 0.15) is 6.10 Å². The van der Waals surface area contributed by atoms with E-state index in [4.69, 9.17) is 9.15 Å². The van der Waals surface area contributed by atoms with E-state index in [1.165, 1.54) is 25.3 Å². The average molecular weight is 439 g/mol. The van der Waals surface area contributed by atoms with Gasteiger partial charge in [0.2, 0.25) is 5.78 Å². The zero-order chi connectivity index (χ0) is 23.3. The highest BCUT2D eigenvalue weighted by molar-refractivity contribution is 5.99. The second kappa shape index (κ2) is 10.5. The van der Waals surface area contributed by atoms with E-state index in [-0.39, 0.29) is 35.1 Å². The summed E-state index contributed by atoms with van der Waals surface area (Å²) in [6, 6.07) is 0. The number of hydrogen-bond acceptors (Lipinski definition) is 4. The van der Waals surface area contributed by atoms with E-state index in [1.54, 1.807) is 12.3 Å². The number of fused-ring (bicyclic) bond motifs is 2. The van der Waals surface area contributed by atoms with Crippen LogP contribution in [0.4, 0.5) is 0 Å². The third-order valence-corrected chi connectivity index (χ3v) is 7.55.